The minimum Gasteiger partial charge on any atom is -0.393 e. The molecule has 0 radical (unpaired) electrons. The third-order valence-corrected chi connectivity index (χ3v) is 2.58. The quantitative estimate of drug-likeness (QED) is 0.767. The van der Waals surface area contributed by atoms with Crippen molar-refractivity contribution in [3.05, 3.63) is 29.8 Å². The number of nitrogens with one attached hydrogen (secondary N) is 1. The normalized spacial score (nSPS) is 11.9. The number of hydrogen-bond acceptors (Lipinski definition) is 2. The van der Waals surface area contributed by atoms with Crippen molar-refractivity contribution in [3.8, 4) is 0 Å². The standard InChI is InChI=1S/C11H14N2OS/c1-7-5-3-4-6-9(7)13-11(14)8(2)10(12)15/h3-6,8H,1-2H3,(H2,12,15)(H,13,14). The molecule has 0 aliphatic heterocycles. The number of thiocarbonyl (C=S) groups is 1. The summed E-state index contributed by atoms with van der Waals surface area (Å²) < 4.78 is 0. The second kappa shape index (κ2) is 4.89. The lowest BCUT2D eigenvalue weighted by Crippen LogP contribution is -2.31. The molecule has 0 aliphatic rings. The minimum atomic E-state index is -0.445. The van der Waals surface area contributed by atoms with E-state index in [1.165, 1.54) is 0 Å². The summed E-state index contributed by atoms with van der Waals surface area (Å²) >= 11 is 4.76. The predicted octanol–water partition coefficient (Wildman–Crippen LogP) is 1.86. The van der Waals surface area contributed by atoms with E-state index in [2.05, 4.69) is 5.32 Å². The number of para-hydroxylation sites is 1. The van der Waals surface area contributed by atoms with Crippen molar-refractivity contribution in [1.29, 1.82) is 0 Å². The van der Waals surface area contributed by atoms with E-state index in [4.69, 9.17) is 18.0 Å². The van der Waals surface area contributed by atoms with Crippen molar-refractivity contribution < 1.29 is 4.79 Å². The van der Waals surface area contributed by atoms with E-state index in [0.29, 0.717) is 0 Å². The Morgan fingerprint density at radius 3 is 2.60 bits per heavy atom. The first-order valence-corrected chi connectivity index (χ1v) is 5.09. The zero-order chi connectivity index (χ0) is 11.4. The summed E-state index contributed by atoms with van der Waals surface area (Å²) in [6, 6.07) is 7.57. The van der Waals surface area contributed by atoms with E-state index in [0.717, 1.165) is 11.3 Å². The van der Waals surface area contributed by atoms with Gasteiger partial charge in [-0.1, -0.05) is 30.4 Å². The van der Waals surface area contributed by atoms with E-state index >= 15 is 0 Å². The zero-order valence-electron chi connectivity index (χ0n) is 8.78. The largest absolute Gasteiger partial charge is 0.393 e. The summed E-state index contributed by atoms with van der Waals surface area (Å²) in [4.78, 5) is 11.8. The van der Waals surface area contributed by atoms with Crippen LogP contribution in [0.15, 0.2) is 24.3 Å². The van der Waals surface area contributed by atoms with E-state index in [1.807, 2.05) is 31.2 Å². The molecule has 1 unspecified atom stereocenters. The van der Waals surface area contributed by atoms with E-state index < -0.39 is 5.92 Å². The molecule has 0 bridgehead atoms. The van der Waals surface area contributed by atoms with Gasteiger partial charge in [-0.05, 0) is 25.5 Å². The molecule has 1 aromatic carbocycles. The van der Waals surface area contributed by atoms with Gasteiger partial charge in [0.25, 0.3) is 0 Å². The van der Waals surface area contributed by atoms with Crippen LogP contribution in [-0.4, -0.2) is 10.9 Å². The third kappa shape index (κ3) is 3.02. The maximum atomic E-state index is 11.6. The van der Waals surface area contributed by atoms with Gasteiger partial charge in [0.05, 0.1) is 10.9 Å². The molecule has 3 nitrogen and oxygen atoms in total. The Kier molecular flexibility index (Phi) is 3.80. The summed E-state index contributed by atoms with van der Waals surface area (Å²) in [5.41, 5.74) is 7.21. The van der Waals surface area contributed by atoms with Crippen LogP contribution in [0.1, 0.15) is 12.5 Å². The Bertz CT molecular complexity index is 390. The molecule has 1 amide bonds. The number of benzene rings is 1. The van der Waals surface area contributed by atoms with Gasteiger partial charge in [0.15, 0.2) is 0 Å². The summed E-state index contributed by atoms with van der Waals surface area (Å²) in [6.45, 7) is 3.62. The predicted molar refractivity (Wildman–Crippen MR) is 65.8 cm³/mol. The molecule has 0 saturated heterocycles. The molecule has 0 aromatic heterocycles. The molecule has 1 aromatic rings. The molecule has 0 heterocycles. The number of anilines is 1. The minimum absolute atomic E-state index is 0.170. The van der Waals surface area contributed by atoms with Crippen molar-refractivity contribution in [1.82, 2.24) is 0 Å². The average molecular weight is 222 g/mol. The molecular formula is C11H14N2OS. The van der Waals surface area contributed by atoms with Crippen LogP contribution >= 0.6 is 12.2 Å². The fourth-order valence-corrected chi connectivity index (χ4v) is 1.19. The van der Waals surface area contributed by atoms with E-state index in [-0.39, 0.29) is 10.9 Å². The molecule has 1 atom stereocenters. The number of nitrogens with two attached hydrogens (primary N) is 1. The van der Waals surface area contributed by atoms with Crippen LogP contribution in [0, 0.1) is 12.8 Å². The number of hydrogen-bond donors (Lipinski definition) is 2. The topological polar surface area (TPSA) is 55.1 Å². The van der Waals surface area contributed by atoms with Crippen molar-refractivity contribution in [2.24, 2.45) is 11.7 Å². The number of carbonyl (C=O) groups is 1. The van der Waals surface area contributed by atoms with Crippen LogP contribution < -0.4 is 11.1 Å². The van der Waals surface area contributed by atoms with Gasteiger partial charge in [0, 0.05) is 5.69 Å². The molecule has 0 spiro atoms. The third-order valence-electron chi connectivity index (χ3n) is 2.22. The van der Waals surface area contributed by atoms with Gasteiger partial charge in [0.2, 0.25) is 5.91 Å². The Morgan fingerprint density at radius 1 is 1.47 bits per heavy atom. The van der Waals surface area contributed by atoms with Gasteiger partial charge in [0.1, 0.15) is 0 Å². The van der Waals surface area contributed by atoms with Crippen molar-refractivity contribution >= 4 is 28.8 Å². The fourth-order valence-electron chi connectivity index (χ4n) is 1.08. The van der Waals surface area contributed by atoms with Gasteiger partial charge >= 0.3 is 0 Å². The monoisotopic (exact) mass is 222 g/mol. The summed E-state index contributed by atoms with van der Waals surface area (Å²) in [5, 5.41) is 2.78. The van der Waals surface area contributed by atoms with E-state index in [9.17, 15) is 4.79 Å². The van der Waals surface area contributed by atoms with Crippen LogP contribution in [0.2, 0.25) is 0 Å². The van der Waals surface area contributed by atoms with Gasteiger partial charge in [-0.15, -0.1) is 0 Å². The van der Waals surface area contributed by atoms with Crippen molar-refractivity contribution in [2.75, 3.05) is 5.32 Å². The van der Waals surface area contributed by atoms with Crippen molar-refractivity contribution in [3.63, 3.8) is 0 Å². The van der Waals surface area contributed by atoms with Crippen LogP contribution in [0.4, 0.5) is 5.69 Å². The number of carbonyl (C=O) groups excluding carboxylic acids is 1. The molecule has 15 heavy (non-hydrogen) atoms. The molecule has 0 aliphatic carbocycles. The summed E-state index contributed by atoms with van der Waals surface area (Å²) in [5.74, 6) is -0.614. The first-order valence-electron chi connectivity index (χ1n) is 4.68. The highest BCUT2D eigenvalue weighted by molar-refractivity contribution is 7.80. The smallest absolute Gasteiger partial charge is 0.234 e. The van der Waals surface area contributed by atoms with E-state index in [1.54, 1.807) is 6.92 Å². The Balaban J connectivity index is 2.75. The molecule has 1 rings (SSSR count). The van der Waals surface area contributed by atoms with Gasteiger partial charge in [-0.25, -0.2) is 0 Å². The maximum absolute atomic E-state index is 11.6. The lowest BCUT2D eigenvalue weighted by molar-refractivity contribution is -0.117. The highest BCUT2D eigenvalue weighted by atomic mass is 32.1. The Labute approximate surface area is 94.7 Å². The van der Waals surface area contributed by atoms with Gasteiger partial charge < -0.3 is 11.1 Å². The molecule has 4 heteroatoms. The molecule has 0 saturated carbocycles. The molecule has 0 fully saturated rings. The lowest BCUT2D eigenvalue weighted by atomic mass is 10.1. The number of aryl methyl sites for hydroxylation is 1. The fraction of sp³-hybridized carbons (Fsp3) is 0.273. The summed E-state index contributed by atoms with van der Waals surface area (Å²) in [6.07, 6.45) is 0. The lowest BCUT2D eigenvalue weighted by Gasteiger charge is -2.12. The SMILES string of the molecule is Cc1ccccc1NC(=O)C(C)C(N)=S. The van der Waals surface area contributed by atoms with Crippen LogP contribution in [0.5, 0.6) is 0 Å². The summed E-state index contributed by atoms with van der Waals surface area (Å²) in [7, 11) is 0. The van der Waals surface area contributed by atoms with Crippen LogP contribution in [-0.2, 0) is 4.79 Å². The molecule has 80 valence electrons. The Hall–Kier alpha value is -1.42. The van der Waals surface area contributed by atoms with Gasteiger partial charge in [-0.2, -0.15) is 0 Å². The average Bonchev–Trinajstić information content (AvgIpc) is 2.20. The first-order chi connectivity index (χ1) is 7.02. The number of rotatable bonds is 3. The van der Waals surface area contributed by atoms with Crippen LogP contribution in [0.3, 0.4) is 0 Å². The molecule has 3 N–H and O–H groups in total. The first kappa shape index (κ1) is 11.7. The van der Waals surface area contributed by atoms with Crippen molar-refractivity contribution in [2.45, 2.75) is 13.8 Å². The maximum Gasteiger partial charge on any atom is 0.234 e. The molecular weight excluding hydrogens is 208 g/mol. The van der Waals surface area contributed by atoms with Crippen LogP contribution in [0.25, 0.3) is 0 Å². The second-order valence-electron chi connectivity index (χ2n) is 3.43. The Morgan fingerprint density at radius 2 is 2.07 bits per heavy atom. The number of amides is 1. The highest BCUT2D eigenvalue weighted by Gasteiger charge is 2.15. The zero-order valence-corrected chi connectivity index (χ0v) is 9.60. The highest BCUT2D eigenvalue weighted by Crippen LogP contribution is 2.14. The second-order valence-corrected chi connectivity index (χ2v) is 3.90. The van der Waals surface area contributed by atoms with Gasteiger partial charge in [-0.3, -0.25) is 4.79 Å².